The molecule has 1 unspecified atom stereocenters. The molecule has 1 aromatic carbocycles. The first kappa shape index (κ1) is 14.2. The monoisotopic (exact) mass is 274 g/mol. The zero-order valence-corrected chi connectivity index (χ0v) is 12.1. The molecule has 0 amide bonds. The van der Waals surface area contributed by atoms with Crippen LogP contribution in [0, 0.1) is 5.92 Å². The molecule has 0 saturated carbocycles. The molecule has 0 radical (unpaired) electrons. The van der Waals surface area contributed by atoms with Crippen LogP contribution in [0.25, 0.3) is 11.4 Å². The zero-order valence-electron chi connectivity index (χ0n) is 12.1. The minimum atomic E-state index is -0.369. The van der Waals surface area contributed by atoms with Crippen LogP contribution in [-0.4, -0.2) is 23.0 Å². The number of carbonyl (C=O) groups excluding carboxylic acids is 1. The van der Waals surface area contributed by atoms with Gasteiger partial charge in [-0.15, -0.1) is 0 Å². The van der Waals surface area contributed by atoms with Crippen LogP contribution in [0.2, 0.25) is 0 Å². The summed E-state index contributed by atoms with van der Waals surface area (Å²) in [5.41, 5.74) is 0.746. The summed E-state index contributed by atoms with van der Waals surface area (Å²) in [6.45, 7) is 5.45. The number of ether oxygens (including phenoxy) is 1. The molecule has 1 heterocycles. The van der Waals surface area contributed by atoms with Crippen molar-refractivity contribution in [2.45, 2.75) is 26.7 Å². The highest BCUT2D eigenvalue weighted by atomic mass is 16.5. The number of hydrogen-bond donors (Lipinski definition) is 0. The summed E-state index contributed by atoms with van der Waals surface area (Å²) in [5.74, 6) is 1.22. The lowest BCUT2D eigenvalue weighted by atomic mass is 9.92. The van der Waals surface area contributed by atoms with Gasteiger partial charge < -0.3 is 9.26 Å². The third kappa shape index (κ3) is 2.71. The molecule has 2 aromatic rings. The fourth-order valence-corrected chi connectivity index (χ4v) is 2.23. The summed E-state index contributed by atoms with van der Waals surface area (Å²) < 4.78 is 10.5. The average molecular weight is 274 g/mol. The quantitative estimate of drug-likeness (QED) is 0.838. The number of benzene rings is 1. The number of aromatic nitrogens is 2. The Balaban J connectivity index is 2.40. The number of hydrogen-bond acceptors (Lipinski definition) is 5. The van der Waals surface area contributed by atoms with Gasteiger partial charge >= 0.3 is 0 Å². The van der Waals surface area contributed by atoms with Gasteiger partial charge in [-0.2, -0.15) is 4.98 Å². The van der Waals surface area contributed by atoms with Gasteiger partial charge in [-0.3, -0.25) is 4.79 Å². The Kier molecular flexibility index (Phi) is 4.17. The highest BCUT2D eigenvalue weighted by molar-refractivity contribution is 5.82. The number of ketones is 1. The van der Waals surface area contributed by atoms with Crippen molar-refractivity contribution in [2.24, 2.45) is 5.92 Å². The van der Waals surface area contributed by atoms with Crippen molar-refractivity contribution in [3.63, 3.8) is 0 Å². The SMILES string of the molecule is COc1ccccc1-c1noc(C(C(C)=O)C(C)C)n1. The molecule has 0 aliphatic heterocycles. The van der Waals surface area contributed by atoms with Crippen LogP contribution in [0.3, 0.4) is 0 Å². The highest BCUT2D eigenvalue weighted by Crippen LogP contribution is 2.30. The van der Waals surface area contributed by atoms with Gasteiger partial charge in [-0.25, -0.2) is 0 Å². The van der Waals surface area contributed by atoms with Crippen molar-refractivity contribution in [2.75, 3.05) is 7.11 Å². The molecule has 0 aliphatic carbocycles. The number of Topliss-reactive ketones (excluding diaryl/α,β-unsaturated/α-hetero) is 1. The van der Waals surface area contributed by atoms with Crippen LogP contribution < -0.4 is 4.74 Å². The predicted octanol–water partition coefficient (Wildman–Crippen LogP) is 3.07. The molecule has 0 spiro atoms. The lowest BCUT2D eigenvalue weighted by Crippen LogP contribution is -2.15. The van der Waals surface area contributed by atoms with E-state index in [4.69, 9.17) is 9.26 Å². The number of rotatable bonds is 5. The smallest absolute Gasteiger partial charge is 0.237 e. The maximum absolute atomic E-state index is 11.7. The molecule has 0 aliphatic rings. The second-order valence-electron chi connectivity index (χ2n) is 4.99. The maximum Gasteiger partial charge on any atom is 0.237 e. The van der Waals surface area contributed by atoms with E-state index >= 15 is 0 Å². The van der Waals surface area contributed by atoms with Gasteiger partial charge in [0, 0.05) is 0 Å². The molecule has 0 bridgehead atoms. The summed E-state index contributed by atoms with van der Waals surface area (Å²) in [4.78, 5) is 16.1. The Bertz CT molecular complexity index is 605. The van der Waals surface area contributed by atoms with Crippen molar-refractivity contribution in [3.05, 3.63) is 30.2 Å². The van der Waals surface area contributed by atoms with Crippen LogP contribution >= 0.6 is 0 Å². The van der Waals surface area contributed by atoms with E-state index in [0.717, 1.165) is 5.56 Å². The summed E-state index contributed by atoms with van der Waals surface area (Å²) >= 11 is 0. The molecular weight excluding hydrogens is 256 g/mol. The van der Waals surface area contributed by atoms with E-state index < -0.39 is 0 Å². The predicted molar refractivity (Wildman–Crippen MR) is 74.5 cm³/mol. The van der Waals surface area contributed by atoms with E-state index in [1.807, 2.05) is 38.1 Å². The molecule has 0 saturated heterocycles. The van der Waals surface area contributed by atoms with Crippen LogP contribution in [0.15, 0.2) is 28.8 Å². The largest absolute Gasteiger partial charge is 0.496 e. The molecule has 2 rings (SSSR count). The Morgan fingerprint density at radius 2 is 2.00 bits per heavy atom. The Labute approximate surface area is 118 Å². The van der Waals surface area contributed by atoms with Crippen molar-refractivity contribution in [1.29, 1.82) is 0 Å². The van der Waals surface area contributed by atoms with Crippen molar-refractivity contribution in [3.8, 4) is 17.1 Å². The number of para-hydroxylation sites is 1. The second-order valence-corrected chi connectivity index (χ2v) is 4.99. The minimum absolute atomic E-state index is 0.0234. The first-order valence-corrected chi connectivity index (χ1v) is 6.52. The van der Waals surface area contributed by atoms with Gasteiger partial charge in [0.2, 0.25) is 11.7 Å². The van der Waals surface area contributed by atoms with Gasteiger partial charge in [0.1, 0.15) is 11.5 Å². The topological polar surface area (TPSA) is 65.2 Å². The van der Waals surface area contributed by atoms with E-state index in [-0.39, 0.29) is 17.6 Å². The van der Waals surface area contributed by atoms with Crippen molar-refractivity contribution < 1.29 is 14.1 Å². The fraction of sp³-hybridized carbons (Fsp3) is 0.400. The van der Waals surface area contributed by atoms with E-state index in [9.17, 15) is 4.79 Å². The molecule has 5 nitrogen and oxygen atoms in total. The van der Waals surface area contributed by atoms with E-state index in [1.54, 1.807) is 7.11 Å². The zero-order chi connectivity index (χ0) is 14.7. The third-order valence-electron chi connectivity index (χ3n) is 3.16. The van der Waals surface area contributed by atoms with Crippen molar-refractivity contribution in [1.82, 2.24) is 10.1 Å². The molecule has 106 valence electrons. The standard InChI is InChI=1S/C15H18N2O3/c1-9(2)13(10(3)18)15-16-14(17-20-15)11-7-5-6-8-12(11)19-4/h5-9,13H,1-4H3. The minimum Gasteiger partial charge on any atom is -0.496 e. The molecule has 1 aromatic heterocycles. The molecular formula is C15H18N2O3. The summed E-state index contributed by atoms with van der Waals surface area (Å²) in [6, 6.07) is 7.43. The first-order chi connectivity index (χ1) is 9.54. The first-order valence-electron chi connectivity index (χ1n) is 6.52. The van der Waals surface area contributed by atoms with Gasteiger partial charge in [0.25, 0.3) is 0 Å². The fourth-order valence-electron chi connectivity index (χ4n) is 2.23. The maximum atomic E-state index is 11.7. The molecule has 1 atom stereocenters. The summed E-state index contributed by atoms with van der Waals surface area (Å²) in [5, 5.41) is 3.96. The van der Waals surface area contributed by atoms with Crippen molar-refractivity contribution >= 4 is 5.78 Å². The van der Waals surface area contributed by atoms with E-state index in [1.165, 1.54) is 6.92 Å². The second kappa shape index (κ2) is 5.86. The van der Waals surface area contributed by atoms with Gasteiger partial charge in [-0.05, 0) is 25.0 Å². The lowest BCUT2D eigenvalue weighted by molar-refractivity contribution is -0.119. The van der Waals surface area contributed by atoms with Gasteiger partial charge in [-0.1, -0.05) is 31.1 Å². The summed E-state index contributed by atoms with van der Waals surface area (Å²) in [6.07, 6.45) is 0. The molecule has 0 fully saturated rings. The molecule has 20 heavy (non-hydrogen) atoms. The Morgan fingerprint density at radius 3 is 2.60 bits per heavy atom. The normalized spacial score (nSPS) is 12.4. The van der Waals surface area contributed by atoms with E-state index in [2.05, 4.69) is 10.1 Å². The number of nitrogens with zero attached hydrogens (tertiary/aromatic N) is 2. The van der Waals surface area contributed by atoms with E-state index in [0.29, 0.717) is 17.5 Å². The van der Waals surface area contributed by atoms with Gasteiger partial charge in [0.15, 0.2) is 0 Å². The third-order valence-corrected chi connectivity index (χ3v) is 3.16. The van der Waals surface area contributed by atoms with Crippen LogP contribution in [-0.2, 0) is 4.79 Å². The van der Waals surface area contributed by atoms with Crippen LogP contribution in [0.5, 0.6) is 5.75 Å². The molecule has 5 heteroatoms. The number of carbonyl (C=O) groups is 1. The number of methoxy groups -OCH3 is 1. The highest BCUT2D eigenvalue weighted by Gasteiger charge is 2.27. The Hall–Kier alpha value is -2.17. The summed E-state index contributed by atoms with van der Waals surface area (Å²) in [7, 11) is 1.59. The lowest BCUT2D eigenvalue weighted by Gasteiger charge is -2.12. The van der Waals surface area contributed by atoms with Gasteiger partial charge in [0.05, 0.1) is 18.6 Å². The Morgan fingerprint density at radius 1 is 1.30 bits per heavy atom. The van der Waals surface area contributed by atoms with Crippen LogP contribution in [0.4, 0.5) is 0 Å². The molecule has 0 N–H and O–H groups in total. The average Bonchev–Trinajstić information content (AvgIpc) is 2.87. The van der Waals surface area contributed by atoms with Crippen LogP contribution in [0.1, 0.15) is 32.6 Å².